The summed E-state index contributed by atoms with van der Waals surface area (Å²) in [7, 11) is -3.00. The van der Waals surface area contributed by atoms with E-state index in [0.717, 1.165) is 12.8 Å². The highest BCUT2D eigenvalue weighted by atomic mass is 32.2. The van der Waals surface area contributed by atoms with E-state index < -0.39 is 10.0 Å². The van der Waals surface area contributed by atoms with Gasteiger partial charge >= 0.3 is 0 Å². The Bertz CT molecular complexity index is 242. The second kappa shape index (κ2) is 4.39. The minimum absolute atomic E-state index is 0.190. The summed E-state index contributed by atoms with van der Waals surface area (Å²) in [6, 6.07) is 0. The van der Waals surface area contributed by atoms with E-state index in [0.29, 0.717) is 19.7 Å². The van der Waals surface area contributed by atoms with Crippen LogP contribution in [-0.2, 0) is 14.8 Å². The molecule has 4 nitrogen and oxygen atoms in total. The fourth-order valence-electron chi connectivity index (χ4n) is 1.50. The van der Waals surface area contributed by atoms with E-state index in [1.807, 2.05) is 0 Å². The van der Waals surface area contributed by atoms with Gasteiger partial charge in [0.05, 0.1) is 12.4 Å². The Balaban J connectivity index is 2.39. The molecule has 0 atom stereocenters. The summed E-state index contributed by atoms with van der Waals surface area (Å²) in [5.74, 6) is 0. The van der Waals surface area contributed by atoms with Crippen molar-refractivity contribution >= 4 is 10.0 Å². The maximum atomic E-state index is 11.1. The van der Waals surface area contributed by atoms with Gasteiger partial charge in [0.1, 0.15) is 0 Å². The molecule has 0 spiro atoms. The van der Waals surface area contributed by atoms with Gasteiger partial charge in [-0.15, -0.1) is 0 Å². The van der Waals surface area contributed by atoms with Gasteiger partial charge in [-0.1, -0.05) is 0 Å². The summed E-state index contributed by atoms with van der Waals surface area (Å²) < 4.78 is 29.1. The van der Waals surface area contributed by atoms with Crippen molar-refractivity contribution in [2.75, 3.05) is 26.0 Å². The number of hydrogen-bond acceptors (Lipinski definition) is 3. The van der Waals surface area contributed by atoms with Crippen LogP contribution >= 0.6 is 0 Å². The highest BCUT2D eigenvalue weighted by Gasteiger charge is 2.24. The third kappa shape index (κ3) is 3.25. The van der Waals surface area contributed by atoms with Crippen LogP contribution in [0, 0.1) is 6.92 Å². The van der Waals surface area contributed by atoms with Crippen LogP contribution in [0.2, 0.25) is 0 Å². The molecule has 0 unspecified atom stereocenters. The first-order valence-corrected chi connectivity index (χ1v) is 6.25. The number of ether oxygens (including phenoxy) is 1. The van der Waals surface area contributed by atoms with Crippen LogP contribution in [0.25, 0.3) is 0 Å². The molecular weight excluding hydrogens is 190 g/mol. The molecular formula is C8H16NO3S. The molecule has 0 bridgehead atoms. The minimum Gasteiger partial charge on any atom is -0.378 e. The molecule has 0 N–H and O–H groups in total. The number of sulfonamides is 1. The molecule has 1 fully saturated rings. The first-order valence-electron chi connectivity index (χ1n) is 4.40. The van der Waals surface area contributed by atoms with Gasteiger partial charge in [0.2, 0.25) is 10.0 Å². The smallest absolute Gasteiger partial charge is 0.211 e. The van der Waals surface area contributed by atoms with E-state index in [4.69, 9.17) is 4.74 Å². The van der Waals surface area contributed by atoms with Crippen LogP contribution < -0.4 is 0 Å². The maximum Gasteiger partial charge on any atom is 0.211 e. The first kappa shape index (κ1) is 10.9. The Morgan fingerprint density at radius 3 is 2.38 bits per heavy atom. The molecule has 1 aliphatic rings. The molecule has 1 heterocycles. The number of nitrogens with zero attached hydrogens (tertiary/aromatic N) is 1. The molecule has 1 saturated heterocycles. The number of hydrogen-bond donors (Lipinski definition) is 0. The van der Waals surface area contributed by atoms with Crippen molar-refractivity contribution < 1.29 is 13.2 Å². The van der Waals surface area contributed by atoms with Crippen molar-refractivity contribution in [2.45, 2.75) is 18.9 Å². The summed E-state index contributed by atoms with van der Waals surface area (Å²) in [6.45, 7) is 5.20. The van der Waals surface area contributed by atoms with Gasteiger partial charge in [-0.3, -0.25) is 0 Å². The van der Waals surface area contributed by atoms with Gasteiger partial charge in [0.15, 0.2) is 0 Å². The Labute approximate surface area is 79.9 Å². The molecule has 13 heavy (non-hydrogen) atoms. The maximum absolute atomic E-state index is 11.1. The summed E-state index contributed by atoms with van der Waals surface area (Å²) in [5, 5.41) is 0. The molecule has 77 valence electrons. The average Bonchev–Trinajstić information content (AvgIpc) is 2.04. The van der Waals surface area contributed by atoms with E-state index in [-0.39, 0.29) is 6.10 Å². The van der Waals surface area contributed by atoms with Crippen molar-refractivity contribution in [3.8, 4) is 0 Å². The average molecular weight is 206 g/mol. The van der Waals surface area contributed by atoms with Gasteiger partial charge in [-0.05, 0) is 19.8 Å². The predicted octanol–water partition coefficient (Wildman–Crippen LogP) is 0.261. The lowest BCUT2D eigenvalue weighted by Crippen LogP contribution is -2.40. The molecule has 1 radical (unpaired) electrons. The third-order valence-electron chi connectivity index (χ3n) is 2.22. The van der Waals surface area contributed by atoms with Crippen molar-refractivity contribution in [1.29, 1.82) is 0 Å². The molecule has 0 amide bonds. The lowest BCUT2D eigenvalue weighted by atomic mass is 10.1. The lowest BCUT2D eigenvalue weighted by molar-refractivity contribution is 0.0373. The standard InChI is InChI=1S/C8H16NO3S/c1-3-12-8-4-6-9(7-5-8)13(2,10)11/h8H,1,3-7H2,2H3. The Morgan fingerprint density at radius 1 is 1.46 bits per heavy atom. The van der Waals surface area contributed by atoms with Crippen LogP contribution in [-0.4, -0.2) is 44.8 Å². The Hall–Kier alpha value is -0.130. The van der Waals surface area contributed by atoms with E-state index in [9.17, 15) is 8.42 Å². The third-order valence-corrected chi connectivity index (χ3v) is 3.53. The van der Waals surface area contributed by atoms with E-state index >= 15 is 0 Å². The highest BCUT2D eigenvalue weighted by molar-refractivity contribution is 7.88. The zero-order valence-electron chi connectivity index (χ0n) is 7.90. The summed E-state index contributed by atoms with van der Waals surface area (Å²) in [4.78, 5) is 0. The predicted molar refractivity (Wildman–Crippen MR) is 50.7 cm³/mol. The molecule has 0 aromatic rings. The molecule has 1 aliphatic heterocycles. The van der Waals surface area contributed by atoms with Gasteiger partial charge in [-0.2, -0.15) is 0 Å². The van der Waals surface area contributed by atoms with Gasteiger partial charge in [0.25, 0.3) is 0 Å². The summed E-state index contributed by atoms with van der Waals surface area (Å²) in [5.41, 5.74) is 0. The van der Waals surface area contributed by atoms with E-state index in [2.05, 4.69) is 6.92 Å². The highest BCUT2D eigenvalue weighted by Crippen LogP contribution is 2.15. The van der Waals surface area contributed by atoms with Crippen LogP contribution in [0.3, 0.4) is 0 Å². The van der Waals surface area contributed by atoms with Crippen LogP contribution in [0.15, 0.2) is 0 Å². The van der Waals surface area contributed by atoms with Crippen molar-refractivity contribution in [3.63, 3.8) is 0 Å². The lowest BCUT2D eigenvalue weighted by Gasteiger charge is -2.29. The van der Waals surface area contributed by atoms with Crippen LogP contribution in [0.4, 0.5) is 0 Å². The Kier molecular flexibility index (Phi) is 3.70. The summed E-state index contributed by atoms with van der Waals surface area (Å²) in [6.07, 6.45) is 3.00. The van der Waals surface area contributed by atoms with Crippen molar-refractivity contribution in [1.82, 2.24) is 4.31 Å². The van der Waals surface area contributed by atoms with Crippen molar-refractivity contribution in [2.24, 2.45) is 0 Å². The second-order valence-corrected chi connectivity index (χ2v) is 5.21. The van der Waals surface area contributed by atoms with Gasteiger partial charge in [0, 0.05) is 19.7 Å². The normalized spacial score (nSPS) is 22.0. The van der Waals surface area contributed by atoms with Gasteiger partial charge in [-0.25, -0.2) is 12.7 Å². The monoisotopic (exact) mass is 206 g/mol. The second-order valence-electron chi connectivity index (χ2n) is 3.23. The molecule has 5 heteroatoms. The minimum atomic E-state index is -3.00. The number of rotatable bonds is 3. The summed E-state index contributed by atoms with van der Waals surface area (Å²) >= 11 is 0. The molecule has 0 aliphatic carbocycles. The molecule has 0 aromatic carbocycles. The molecule has 0 saturated carbocycles. The molecule has 1 rings (SSSR count). The topological polar surface area (TPSA) is 46.6 Å². The Morgan fingerprint density at radius 2 is 2.00 bits per heavy atom. The zero-order chi connectivity index (χ0) is 9.90. The molecule has 0 aromatic heterocycles. The van der Waals surface area contributed by atoms with E-state index in [1.54, 1.807) is 0 Å². The fourth-order valence-corrected chi connectivity index (χ4v) is 2.37. The number of piperidine rings is 1. The van der Waals surface area contributed by atoms with E-state index in [1.165, 1.54) is 10.6 Å². The van der Waals surface area contributed by atoms with Gasteiger partial charge < -0.3 is 4.74 Å². The zero-order valence-corrected chi connectivity index (χ0v) is 8.72. The quantitative estimate of drug-likeness (QED) is 0.665. The largest absolute Gasteiger partial charge is 0.378 e. The van der Waals surface area contributed by atoms with Crippen LogP contribution in [0.5, 0.6) is 0 Å². The fraction of sp³-hybridized carbons (Fsp3) is 0.875. The van der Waals surface area contributed by atoms with Crippen molar-refractivity contribution in [3.05, 3.63) is 6.92 Å². The first-order chi connectivity index (χ1) is 6.04. The SMILES string of the molecule is [CH2]COC1CCN(S(C)(=O)=O)CC1. The van der Waals surface area contributed by atoms with Crippen LogP contribution in [0.1, 0.15) is 12.8 Å².